The number of hydrogen-bond acceptors (Lipinski definition) is 3. The number of carbonyl (C=O) groups excluding carboxylic acids is 1. The lowest BCUT2D eigenvalue weighted by atomic mass is 10.2. The Kier molecular flexibility index (Phi) is 5.11. The van der Waals surface area contributed by atoms with Crippen molar-refractivity contribution in [3.8, 4) is 11.5 Å². The smallest absolute Gasteiger partial charge is 0.251 e. The van der Waals surface area contributed by atoms with Crippen LogP contribution in [0.4, 0.5) is 0 Å². The Morgan fingerprint density at radius 1 is 1.25 bits per heavy atom. The van der Waals surface area contributed by atoms with E-state index in [0.29, 0.717) is 23.6 Å². The van der Waals surface area contributed by atoms with Crippen LogP contribution in [0.15, 0.2) is 18.2 Å². The Balaban J connectivity index is 2.89. The first-order valence-electron chi connectivity index (χ1n) is 4.78. The van der Waals surface area contributed by atoms with Gasteiger partial charge in [-0.1, -0.05) is 15.9 Å². The van der Waals surface area contributed by atoms with Crippen molar-refractivity contribution in [3.63, 3.8) is 0 Å². The maximum atomic E-state index is 11.7. The van der Waals surface area contributed by atoms with Crippen LogP contribution < -0.4 is 14.8 Å². The molecule has 0 unspecified atom stereocenters. The van der Waals surface area contributed by atoms with Gasteiger partial charge in [-0.2, -0.15) is 0 Å². The van der Waals surface area contributed by atoms with Crippen molar-refractivity contribution >= 4 is 21.8 Å². The summed E-state index contributed by atoms with van der Waals surface area (Å²) in [6, 6.07) is 5.07. The fraction of sp³-hybridized carbons (Fsp3) is 0.364. The predicted molar refractivity (Wildman–Crippen MR) is 65.7 cm³/mol. The lowest BCUT2D eigenvalue weighted by Crippen LogP contribution is -2.25. The van der Waals surface area contributed by atoms with Crippen molar-refractivity contribution in [1.82, 2.24) is 5.32 Å². The van der Waals surface area contributed by atoms with Gasteiger partial charge in [-0.3, -0.25) is 4.79 Å². The van der Waals surface area contributed by atoms with E-state index in [0.717, 1.165) is 5.33 Å². The highest BCUT2D eigenvalue weighted by molar-refractivity contribution is 9.09. The van der Waals surface area contributed by atoms with Crippen LogP contribution in [0.1, 0.15) is 10.4 Å². The number of methoxy groups -OCH3 is 2. The fourth-order valence-corrected chi connectivity index (χ4v) is 1.40. The highest BCUT2D eigenvalue weighted by atomic mass is 79.9. The third-order valence-corrected chi connectivity index (χ3v) is 2.39. The van der Waals surface area contributed by atoms with Gasteiger partial charge in [0.15, 0.2) is 0 Å². The molecule has 88 valence electrons. The average molecular weight is 288 g/mol. The SMILES string of the molecule is COc1cc(OC)cc(C(=O)NCCBr)c1. The van der Waals surface area contributed by atoms with Crippen molar-refractivity contribution in [3.05, 3.63) is 23.8 Å². The highest BCUT2D eigenvalue weighted by Crippen LogP contribution is 2.22. The van der Waals surface area contributed by atoms with E-state index in [-0.39, 0.29) is 5.91 Å². The van der Waals surface area contributed by atoms with E-state index in [4.69, 9.17) is 9.47 Å². The van der Waals surface area contributed by atoms with Gasteiger partial charge in [0.05, 0.1) is 14.2 Å². The summed E-state index contributed by atoms with van der Waals surface area (Å²) in [6.07, 6.45) is 0. The normalized spacial score (nSPS) is 9.69. The first-order chi connectivity index (χ1) is 7.71. The predicted octanol–water partition coefficient (Wildman–Crippen LogP) is 1.83. The van der Waals surface area contributed by atoms with Crippen LogP contribution in [0.2, 0.25) is 0 Å². The largest absolute Gasteiger partial charge is 0.497 e. The average Bonchev–Trinajstić information content (AvgIpc) is 2.35. The number of carbonyl (C=O) groups is 1. The van der Waals surface area contributed by atoms with Gasteiger partial charge in [0.25, 0.3) is 5.91 Å². The number of nitrogens with one attached hydrogen (secondary N) is 1. The number of amides is 1. The Morgan fingerprint density at radius 3 is 2.25 bits per heavy atom. The molecule has 4 nitrogen and oxygen atoms in total. The standard InChI is InChI=1S/C11H14BrNO3/c1-15-9-5-8(6-10(7-9)16-2)11(14)13-4-3-12/h5-7H,3-4H2,1-2H3,(H,13,14). The number of ether oxygens (including phenoxy) is 2. The lowest BCUT2D eigenvalue weighted by molar-refractivity contribution is 0.0955. The molecule has 1 N–H and O–H groups in total. The zero-order valence-corrected chi connectivity index (χ0v) is 10.8. The molecule has 0 saturated heterocycles. The van der Waals surface area contributed by atoms with E-state index in [9.17, 15) is 4.79 Å². The third-order valence-electron chi connectivity index (χ3n) is 1.99. The van der Waals surface area contributed by atoms with Crippen LogP contribution >= 0.6 is 15.9 Å². The summed E-state index contributed by atoms with van der Waals surface area (Å²) in [6.45, 7) is 0.582. The summed E-state index contributed by atoms with van der Waals surface area (Å²) in [5.41, 5.74) is 0.525. The maximum Gasteiger partial charge on any atom is 0.251 e. The number of hydrogen-bond donors (Lipinski definition) is 1. The summed E-state index contributed by atoms with van der Waals surface area (Å²) in [4.78, 5) is 11.7. The van der Waals surface area contributed by atoms with Gasteiger partial charge >= 0.3 is 0 Å². The van der Waals surface area contributed by atoms with E-state index in [1.807, 2.05) is 0 Å². The van der Waals surface area contributed by atoms with E-state index >= 15 is 0 Å². The van der Waals surface area contributed by atoms with Gasteiger partial charge in [-0.15, -0.1) is 0 Å². The summed E-state index contributed by atoms with van der Waals surface area (Å²) in [5, 5.41) is 3.48. The van der Waals surface area contributed by atoms with Gasteiger partial charge in [-0.05, 0) is 12.1 Å². The van der Waals surface area contributed by atoms with Crippen LogP contribution in [0.3, 0.4) is 0 Å². The number of rotatable bonds is 5. The van der Waals surface area contributed by atoms with E-state index < -0.39 is 0 Å². The van der Waals surface area contributed by atoms with Gasteiger partial charge in [-0.25, -0.2) is 0 Å². The van der Waals surface area contributed by atoms with Gasteiger partial charge < -0.3 is 14.8 Å². The maximum absolute atomic E-state index is 11.7. The third kappa shape index (κ3) is 3.41. The van der Waals surface area contributed by atoms with E-state index in [2.05, 4.69) is 21.2 Å². The van der Waals surface area contributed by atoms with Crippen molar-refractivity contribution in [1.29, 1.82) is 0 Å². The van der Waals surface area contributed by atoms with E-state index in [1.165, 1.54) is 0 Å². The summed E-state index contributed by atoms with van der Waals surface area (Å²) in [5.74, 6) is 1.06. The second-order valence-corrected chi connectivity index (χ2v) is 3.84. The van der Waals surface area contributed by atoms with Crippen molar-refractivity contribution in [2.24, 2.45) is 0 Å². The second-order valence-electron chi connectivity index (χ2n) is 3.05. The molecule has 16 heavy (non-hydrogen) atoms. The van der Waals surface area contributed by atoms with Crippen LogP contribution in [-0.4, -0.2) is 32.0 Å². The molecule has 0 aliphatic carbocycles. The first kappa shape index (κ1) is 12.8. The molecule has 0 radical (unpaired) electrons. The molecule has 1 rings (SSSR count). The molecule has 0 aliphatic rings. The Hall–Kier alpha value is -1.23. The van der Waals surface area contributed by atoms with Crippen molar-refractivity contribution in [2.45, 2.75) is 0 Å². The zero-order chi connectivity index (χ0) is 12.0. The number of alkyl halides is 1. The highest BCUT2D eigenvalue weighted by Gasteiger charge is 2.08. The molecular weight excluding hydrogens is 274 g/mol. The Morgan fingerprint density at radius 2 is 1.81 bits per heavy atom. The molecule has 0 aromatic heterocycles. The molecule has 5 heteroatoms. The molecule has 0 aliphatic heterocycles. The Bertz CT molecular complexity index is 346. The summed E-state index contributed by atoms with van der Waals surface area (Å²) in [7, 11) is 3.10. The van der Waals surface area contributed by atoms with Crippen LogP contribution in [-0.2, 0) is 0 Å². The van der Waals surface area contributed by atoms with Crippen LogP contribution in [0, 0.1) is 0 Å². The quantitative estimate of drug-likeness (QED) is 0.841. The van der Waals surface area contributed by atoms with Gasteiger partial charge in [0.2, 0.25) is 0 Å². The van der Waals surface area contributed by atoms with E-state index in [1.54, 1.807) is 32.4 Å². The molecular formula is C11H14BrNO3. The minimum Gasteiger partial charge on any atom is -0.497 e. The summed E-state index contributed by atoms with van der Waals surface area (Å²) >= 11 is 3.24. The minimum atomic E-state index is -0.142. The van der Waals surface area contributed by atoms with Crippen LogP contribution in [0.5, 0.6) is 11.5 Å². The number of benzene rings is 1. The minimum absolute atomic E-state index is 0.142. The van der Waals surface area contributed by atoms with Crippen molar-refractivity contribution < 1.29 is 14.3 Å². The monoisotopic (exact) mass is 287 g/mol. The summed E-state index contributed by atoms with van der Waals surface area (Å²) < 4.78 is 10.2. The molecule has 0 heterocycles. The topological polar surface area (TPSA) is 47.6 Å². The molecule has 0 atom stereocenters. The Labute approximate surface area is 103 Å². The van der Waals surface area contributed by atoms with Crippen LogP contribution in [0.25, 0.3) is 0 Å². The molecule has 1 amide bonds. The lowest BCUT2D eigenvalue weighted by Gasteiger charge is -2.08. The molecule has 0 spiro atoms. The fourth-order valence-electron chi connectivity index (χ4n) is 1.20. The molecule has 0 fully saturated rings. The first-order valence-corrected chi connectivity index (χ1v) is 5.90. The second kappa shape index (κ2) is 6.37. The van der Waals surface area contributed by atoms with Gasteiger partial charge in [0, 0.05) is 23.5 Å². The molecule has 0 bridgehead atoms. The number of halogens is 1. The molecule has 0 saturated carbocycles. The molecule has 1 aromatic rings. The van der Waals surface area contributed by atoms with Gasteiger partial charge in [0.1, 0.15) is 11.5 Å². The zero-order valence-electron chi connectivity index (χ0n) is 9.25. The molecule has 1 aromatic carbocycles. The van der Waals surface area contributed by atoms with Crippen molar-refractivity contribution in [2.75, 3.05) is 26.1 Å².